The molecule has 0 amide bonds. The largest absolute Gasteiger partial charge is 0.456 e. The van der Waals surface area contributed by atoms with Gasteiger partial charge in [0.05, 0.1) is 26.0 Å². The molecule has 0 N–H and O–H groups in total. The van der Waals surface area contributed by atoms with Gasteiger partial charge in [0, 0.05) is 43.9 Å². The van der Waals surface area contributed by atoms with Crippen molar-refractivity contribution < 1.29 is 4.42 Å². The number of fused-ring (bicyclic) bond motifs is 9. The summed E-state index contributed by atoms with van der Waals surface area (Å²) in [7, 11) is 0. The maximum Gasteiger partial charge on any atom is 0.137 e. The van der Waals surface area contributed by atoms with E-state index >= 15 is 0 Å². The fourth-order valence-electron chi connectivity index (χ4n) is 7.69. The smallest absolute Gasteiger partial charge is 0.137 e. The zero-order valence-electron chi connectivity index (χ0n) is 27.8. The maximum atomic E-state index is 6.63. The molecular formula is C47H28N2OS2. The number of hydrogen-bond acceptors (Lipinski definition) is 5. The molecule has 0 atom stereocenters. The molecule has 0 aliphatic carbocycles. The maximum absolute atomic E-state index is 6.63. The minimum atomic E-state index is 0.843. The molecule has 3 aromatic heterocycles. The lowest BCUT2D eigenvalue weighted by atomic mass is 9.98. The predicted octanol–water partition coefficient (Wildman–Crippen LogP) is 14.5. The van der Waals surface area contributed by atoms with E-state index in [9.17, 15) is 0 Å². The highest BCUT2D eigenvalue weighted by Crippen LogP contribution is 2.47. The average molecular weight is 701 g/mol. The van der Waals surface area contributed by atoms with Gasteiger partial charge in [0.2, 0.25) is 0 Å². The fourth-order valence-corrected chi connectivity index (χ4v) is 9.87. The second-order valence-electron chi connectivity index (χ2n) is 13.1. The molecule has 0 saturated heterocycles. The molecule has 11 aromatic rings. The Morgan fingerprint density at radius 2 is 1.23 bits per heavy atom. The van der Waals surface area contributed by atoms with Crippen molar-refractivity contribution in [1.29, 1.82) is 0 Å². The van der Waals surface area contributed by atoms with Crippen molar-refractivity contribution in [1.82, 2.24) is 4.98 Å². The molecule has 11 rings (SSSR count). The first-order chi connectivity index (χ1) is 25.8. The van der Waals surface area contributed by atoms with Crippen LogP contribution in [0.2, 0.25) is 0 Å². The zero-order chi connectivity index (χ0) is 34.2. The summed E-state index contributed by atoms with van der Waals surface area (Å²) in [4.78, 5) is 7.52. The Morgan fingerprint density at radius 1 is 0.481 bits per heavy atom. The van der Waals surface area contributed by atoms with Crippen molar-refractivity contribution in [3.05, 3.63) is 170 Å². The summed E-state index contributed by atoms with van der Waals surface area (Å²) >= 11 is 3.57. The fraction of sp³-hybridized carbons (Fsp3) is 0. The van der Waals surface area contributed by atoms with Crippen LogP contribution in [-0.4, -0.2) is 4.98 Å². The molecule has 0 spiro atoms. The molecule has 3 heterocycles. The second kappa shape index (κ2) is 11.6. The van der Waals surface area contributed by atoms with E-state index in [1.165, 1.54) is 42.1 Å². The van der Waals surface area contributed by atoms with Crippen LogP contribution in [0.25, 0.3) is 84.8 Å². The third-order valence-electron chi connectivity index (χ3n) is 10.1. The molecule has 0 saturated carbocycles. The topological polar surface area (TPSA) is 29.3 Å². The Labute approximate surface area is 307 Å². The number of hydrogen-bond donors (Lipinski definition) is 0. The minimum Gasteiger partial charge on any atom is -0.456 e. The van der Waals surface area contributed by atoms with Crippen molar-refractivity contribution in [3.63, 3.8) is 0 Å². The normalized spacial score (nSPS) is 11.8. The molecule has 52 heavy (non-hydrogen) atoms. The SMILES string of the molecule is c1ccc(-c2nc3c(ccc4oc5cc(N(c6ccc(-c7cccc8ccccc78)cc6)c6cccc7c6sc6ccccc67)ccc5c43)s2)cc1. The standard InChI is InChI=1S/C47H28N2OS2/c1-2-11-31(12-3-1)47-48-45-43(52-47)27-26-40-44(45)38-25-24-33(28-41(38)50-40)49(39-18-9-17-37-36-15-6-7-19-42(36)51-46(37)39)32-22-20-30(21-23-32)35-16-8-13-29-10-4-5-14-34(29)35/h1-28H. The lowest BCUT2D eigenvalue weighted by Crippen LogP contribution is -2.10. The molecule has 0 radical (unpaired) electrons. The molecule has 0 bridgehead atoms. The van der Waals surface area contributed by atoms with E-state index in [0.29, 0.717) is 0 Å². The first kappa shape index (κ1) is 29.5. The van der Waals surface area contributed by atoms with Crippen LogP contribution in [0.4, 0.5) is 17.1 Å². The highest BCUT2D eigenvalue weighted by molar-refractivity contribution is 7.26. The van der Waals surface area contributed by atoms with Crippen molar-refractivity contribution in [2.24, 2.45) is 0 Å². The van der Waals surface area contributed by atoms with Crippen LogP contribution in [-0.2, 0) is 0 Å². The first-order valence-electron chi connectivity index (χ1n) is 17.4. The summed E-state index contributed by atoms with van der Waals surface area (Å²) in [5.41, 5.74) is 9.49. The summed E-state index contributed by atoms with van der Waals surface area (Å²) in [5.74, 6) is 0. The number of benzene rings is 8. The van der Waals surface area contributed by atoms with Gasteiger partial charge in [-0.25, -0.2) is 4.98 Å². The predicted molar refractivity (Wildman–Crippen MR) is 223 cm³/mol. The monoisotopic (exact) mass is 700 g/mol. The van der Waals surface area contributed by atoms with Gasteiger partial charge in [0.25, 0.3) is 0 Å². The summed E-state index contributed by atoms with van der Waals surface area (Å²) in [6, 6.07) is 60.7. The Kier molecular flexibility index (Phi) is 6.59. The molecule has 0 fully saturated rings. The van der Waals surface area contributed by atoms with Gasteiger partial charge in [-0.1, -0.05) is 115 Å². The lowest BCUT2D eigenvalue weighted by molar-refractivity contribution is 0.669. The number of thiazole rings is 1. The van der Waals surface area contributed by atoms with Crippen LogP contribution < -0.4 is 4.90 Å². The Morgan fingerprint density at radius 3 is 2.13 bits per heavy atom. The quantitative estimate of drug-likeness (QED) is 0.179. The van der Waals surface area contributed by atoms with Crippen LogP contribution in [0.15, 0.2) is 174 Å². The Hall–Kier alpha value is -6.27. The second-order valence-corrected chi connectivity index (χ2v) is 15.2. The van der Waals surface area contributed by atoms with E-state index in [1.54, 1.807) is 11.3 Å². The van der Waals surface area contributed by atoms with E-state index in [4.69, 9.17) is 9.40 Å². The van der Waals surface area contributed by atoms with E-state index in [-0.39, 0.29) is 0 Å². The van der Waals surface area contributed by atoms with E-state index in [2.05, 4.69) is 169 Å². The molecule has 3 nitrogen and oxygen atoms in total. The van der Waals surface area contributed by atoms with Gasteiger partial charge in [0.15, 0.2) is 0 Å². The van der Waals surface area contributed by atoms with Gasteiger partial charge in [0.1, 0.15) is 16.2 Å². The number of nitrogens with zero attached hydrogens (tertiary/aromatic N) is 2. The number of anilines is 3. The van der Waals surface area contributed by atoms with Crippen LogP contribution in [0.3, 0.4) is 0 Å². The molecule has 8 aromatic carbocycles. The third kappa shape index (κ3) is 4.60. The molecule has 5 heteroatoms. The molecule has 0 aliphatic rings. The van der Waals surface area contributed by atoms with Gasteiger partial charge in [-0.3, -0.25) is 0 Å². The zero-order valence-corrected chi connectivity index (χ0v) is 29.4. The van der Waals surface area contributed by atoms with Crippen molar-refractivity contribution in [3.8, 4) is 21.7 Å². The minimum absolute atomic E-state index is 0.843. The van der Waals surface area contributed by atoms with Gasteiger partial charge in [-0.05, 0) is 70.4 Å². The van der Waals surface area contributed by atoms with Crippen molar-refractivity contribution >= 4 is 103 Å². The third-order valence-corrected chi connectivity index (χ3v) is 12.4. The average Bonchev–Trinajstić information content (AvgIpc) is 3.92. The van der Waals surface area contributed by atoms with Crippen LogP contribution >= 0.6 is 22.7 Å². The number of aromatic nitrogens is 1. The number of rotatable bonds is 5. The first-order valence-corrected chi connectivity index (χ1v) is 19.0. The van der Waals surface area contributed by atoms with Gasteiger partial charge >= 0.3 is 0 Å². The molecule has 0 aliphatic heterocycles. The molecule has 244 valence electrons. The summed E-state index contributed by atoms with van der Waals surface area (Å²) in [5, 5.41) is 8.20. The van der Waals surface area contributed by atoms with Crippen molar-refractivity contribution in [2.75, 3.05) is 4.90 Å². The highest BCUT2D eigenvalue weighted by Gasteiger charge is 2.21. The van der Waals surface area contributed by atoms with E-state index < -0.39 is 0 Å². The van der Waals surface area contributed by atoms with E-state index in [0.717, 1.165) is 59.8 Å². The number of thiophene rings is 1. The summed E-state index contributed by atoms with van der Waals surface area (Å²) in [6.07, 6.45) is 0. The van der Waals surface area contributed by atoms with Crippen LogP contribution in [0.1, 0.15) is 0 Å². The lowest BCUT2D eigenvalue weighted by Gasteiger charge is -2.26. The summed E-state index contributed by atoms with van der Waals surface area (Å²) < 4.78 is 10.3. The Balaban J connectivity index is 1.10. The van der Waals surface area contributed by atoms with Gasteiger partial charge < -0.3 is 9.32 Å². The van der Waals surface area contributed by atoms with E-state index in [1.807, 2.05) is 17.4 Å². The van der Waals surface area contributed by atoms with Crippen LogP contribution in [0, 0.1) is 0 Å². The van der Waals surface area contributed by atoms with Gasteiger partial charge in [-0.2, -0.15) is 0 Å². The highest BCUT2D eigenvalue weighted by atomic mass is 32.1. The van der Waals surface area contributed by atoms with Crippen LogP contribution in [0.5, 0.6) is 0 Å². The number of furan rings is 1. The van der Waals surface area contributed by atoms with Crippen molar-refractivity contribution in [2.45, 2.75) is 0 Å². The van der Waals surface area contributed by atoms with Gasteiger partial charge in [-0.15, -0.1) is 22.7 Å². The molecule has 0 unspecified atom stereocenters. The molecular weight excluding hydrogens is 673 g/mol. The summed E-state index contributed by atoms with van der Waals surface area (Å²) in [6.45, 7) is 0. The Bertz CT molecular complexity index is 3130.